The summed E-state index contributed by atoms with van der Waals surface area (Å²) >= 11 is 0. The first-order valence-corrected chi connectivity index (χ1v) is 9.89. The molecule has 2 aromatic rings. The maximum atomic E-state index is 12.5. The Hall–Kier alpha value is -2.25. The first-order valence-electron chi connectivity index (χ1n) is 9.89. The van der Waals surface area contributed by atoms with Crippen molar-refractivity contribution in [1.82, 2.24) is 9.88 Å². The van der Waals surface area contributed by atoms with Crippen LogP contribution < -0.4 is 9.47 Å². The van der Waals surface area contributed by atoms with Crippen LogP contribution in [-0.4, -0.2) is 67.5 Å². The van der Waals surface area contributed by atoms with E-state index in [1.54, 1.807) is 6.07 Å². The summed E-state index contributed by atoms with van der Waals surface area (Å²) in [5.41, 5.74) is 1.20. The molecule has 0 spiro atoms. The van der Waals surface area contributed by atoms with Crippen molar-refractivity contribution in [3.05, 3.63) is 23.9 Å². The van der Waals surface area contributed by atoms with E-state index in [0.29, 0.717) is 30.3 Å². The number of morpholine rings is 1. The molecule has 1 aromatic carbocycles. The number of nitrogens with zero attached hydrogens (tertiary/aromatic N) is 1. The Morgan fingerprint density at radius 2 is 1.82 bits per heavy atom. The number of esters is 1. The van der Waals surface area contributed by atoms with E-state index in [0.717, 1.165) is 37.2 Å². The zero-order chi connectivity index (χ0) is 20.1. The Balaban J connectivity index is 1.72. The molecule has 0 radical (unpaired) electrons. The highest BCUT2D eigenvalue weighted by Crippen LogP contribution is 2.33. The average molecular weight is 390 g/mol. The summed E-state index contributed by atoms with van der Waals surface area (Å²) in [6.07, 6.45) is 0.0558. The Kier molecular flexibility index (Phi) is 6.80. The summed E-state index contributed by atoms with van der Waals surface area (Å²) in [5.74, 6) is 1.02. The van der Waals surface area contributed by atoms with Gasteiger partial charge in [0, 0.05) is 37.2 Å². The third-order valence-electron chi connectivity index (χ3n) is 4.37. The van der Waals surface area contributed by atoms with Crippen LogP contribution >= 0.6 is 0 Å². The molecule has 3 rings (SSSR count). The third kappa shape index (κ3) is 5.39. The van der Waals surface area contributed by atoms with Gasteiger partial charge in [0.05, 0.1) is 30.9 Å². The van der Waals surface area contributed by atoms with Crippen molar-refractivity contribution in [1.29, 1.82) is 0 Å². The molecule has 1 saturated heterocycles. The van der Waals surface area contributed by atoms with Gasteiger partial charge in [0.15, 0.2) is 0 Å². The lowest BCUT2D eigenvalue weighted by molar-refractivity contribution is 0.0193. The molecular weight excluding hydrogens is 360 g/mol. The maximum Gasteiger partial charge on any atom is 0.354 e. The normalized spacial score (nSPS) is 15.4. The smallest absolute Gasteiger partial charge is 0.354 e. The fourth-order valence-electron chi connectivity index (χ4n) is 3.15. The molecule has 1 aromatic heterocycles. The number of carbonyl (C=O) groups excluding carboxylic acids is 1. The summed E-state index contributed by atoms with van der Waals surface area (Å²) in [4.78, 5) is 17.9. The van der Waals surface area contributed by atoms with Crippen LogP contribution in [0.3, 0.4) is 0 Å². The number of fused-ring (bicyclic) bond motifs is 1. The minimum Gasteiger partial charge on any atom is -0.491 e. The third-order valence-corrected chi connectivity index (χ3v) is 4.37. The number of carbonyl (C=O) groups is 1. The van der Waals surface area contributed by atoms with E-state index in [1.807, 2.05) is 39.8 Å². The van der Waals surface area contributed by atoms with Crippen molar-refractivity contribution in [2.75, 3.05) is 39.5 Å². The van der Waals surface area contributed by atoms with Gasteiger partial charge < -0.3 is 23.9 Å². The van der Waals surface area contributed by atoms with Gasteiger partial charge in [0.1, 0.15) is 23.8 Å². The average Bonchev–Trinajstić information content (AvgIpc) is 3.06. The van der Waals surface area contributed by atoms with Gasteiger partial charge >= 0.3 is 5.97 Å². The van der Waals surface area contributed by atoms with E-state index in [9.17, 15) is 4.79 Å². The molecule has 0 saturated carbocycles. The Morgan fingerprint density at radius 1 is 1.11 bits per heavy atom. The van der Waals surface area contributed by atoms with Crippen LogP contribution in [0.25, 0.3) is 10.9 Å². The summed E-state index contributed by atoms with van der Waals surface area (Å²) in [7, 11) is 0. The summed E-state index contributed by atoms with van der Waals surface area (Å²) in [6.45, 7) is 12.2. The SMILES string of the molecule is CC(C)Oc1cc(OC(C)C)c2cc(C(=O)OCCN3CCOCC3)[nH]c2c1. The number of nitrogens with one attached hydrogen (secondary N) is 1. The van der Waals surface area contributed by atoms with Crippen LogP contribution in [-0.2, 0) is 9.47 Å². The van der Waals surface area contributed by atoms with Gasteiger partial charge in [-0.25, -0.2) is 4.79 Å². The van der Waals surface area contributed by atoms with Crippen molar-refractivity contribution in [3.63, 3.8) is 0 Å². The van der Waals surface area contributed by atoms with E-state index >= 15 is 0 Å². The van der Waals surface area contributed by atoms with Gasteiger partial charge in [-0.2, -0.15) is 0 Å². The standard InChI is InChI=1S/C21H30N2O5/c1-14(2)27-16-11-18-17(20(12-16)28-15(3)4)13-19(22-18)21(24)26-10-7-23-5-8-25-9-6-23/h11-15,22H,5-10H2,1-4H3. The van der Waals surface area contributed by atoms with Crippen molar-refractivity contribution in [3.8, 4) is 11.5 Å². The number of aromatic nitrogens is 1. The van der Waals surface area contributed by atoms with Gasteiger partial charge in [-0.15, -0.1) is 0 Å². The maximum absolute atomic E-state index is 12.5. The van der Waals surface area contributed by atoms with Crippen molar-refractivity contribution in [2.45, 2.75) is 39.9 Å². The van der Waals surface area contributed by atoms with E-state index in [4.69, 9.17) is 18.9 Å². The fourth-order valence-corrected chi connectivity index (χ4v) is 3.15. The quantitative estimate of drug-likeness (QED) is 0.698. The lowest BCUT2D eigenvalue weighted by Gasteiger charge is -2.26. The topological polar surface area (TPSA) is 73.0 Å². The first-order chi connectivity index (χ1) is 13.4. The molecule has 1 aliphatic rings. The minimum absolute atomic E-state index is 0.0105. The fraction of sp³-hybridized carbons (Fsp3) is 0.571. The first kappa shape index (κ1) is 20.5. The second-order valence-corrected chi connectivity index (χ2v) is 7.49. The molecule has 28 heavy (non-hydrogen) atoms. The molecule has 0 unspecified atom stereocenters. The van der Waals surface area contributed by atoms with Crippen LogP contribution in [0.5, 0.6) is 11.5 Å². The van der Waals surface area contributed by atoms with Gasteiger partial charge in [-0.1, -0.05) is 0 Å². The van der Waals surface area contributed by atoms with Gasteiger partial charge in [-0.05, 0) is 33.8 Å². The Morgan fingerprint density at radius 3 is 2.50 bits per heavy atom. The monoisotopic (exact) mass is 390 g/mol. The highest BCUT2D eigenvalue weighted by Gasteiger charge is 2.17. The number of ether oxygens (including phenoxy) is 4. The number of benzene rings is 1. The van der Waals surface area contributed by atoms with Gasteiger partial charge in [0.2, 0.25) is 0 Å². The van der Waals surface area contributed by atoms with Gasteiger partial charge in [0.25, 0.3) is 0 Å². The number of aromatic amines is 1. The predicted molar refractivity (Wildman–Crippen MR) is 107 cm³/mol. The Labute approximate surface area is 165 Å². The van der Waals surface area contributed by atoms with Crippen molar-refractivity contribution >= 4 is 16.9 Å². The molecule has 1 N–H and O–H groups in total. The zero-order valence-electron chi connectivity index (χ0n) is 17.1. The number of hydrogen-bond acceptors (Lipinski definition) is 6. The Bertz CT molecular complexity index is 793. The van der Waals surface area contributed by atoms with E-state index in [1.165, 1.54) is 0 Å². The second-order valence-electron chi connectivity index (χ2n) is 7.49. The number of hydrogen-bond donors (Lipinski definition) is 1. The summed E-state index contributed by atoms with van der Waals surface area (Å²) in [5, 5.41) is 0.838. The molecule has 0 aliphatic carbocycles. The molecule has 7 nitrogen and oxygen atoms in total. The lowest BCUT2D eigenvalue weighted by Crippen LogP contribution is -2.38. The van der Waals surface area contributed by atoms with E-state index < -0.39 is 0 Å². The minimum atomic E-state index is -0.369. The summed E-state index contributed by atoms with van der Waals surface area (Å²) < 4.78 is 22.5. The van der Waals surface area contributed by atoms with Crippen LogP contribution in [0.15, 0.2) is 18.2 Å². The molecule has 0 bridgehead atoms. The van der Waals surface area contributed by atoms with E-state index in [2.05, 4.69) is 9.88 Å². The molecule has 1 aliphatic heterocycles. The van der Waals surface area contributed by atoms with Gasteiger partial charge in [-0.3, -0.25) is 4.90 Å². The molecule has 0 amide bonds. The molecule has 0 atom stereocenters. The second kappa shape index (κ2) is 9.30. The highest BCUT2D eigenvalue weighted by molar-refractivity contribution is 5.97. The molecule has 1 fully saturated rings. The van der Waals surface area contributed by atoms with Crippen LogP contribution in [0.1, 0.15) is 38.2 Å². The number of rotatable bonds is 8. The van der Waals surface area contributed by atoms with Crippen molar-refractivity contribution < 1.29 is 23.7 Å². The predicted octanol–water partition coefficient (Wildman–Crippen LogP) is 3.23. The molecule has 2 heterocycles. The van der Waals surface area contributed by atoms with Crippen molar-refractivity contribution in [2.24, 2.45) is 0 Å². The molecule has 154 valence electrons. The highest BCUT2D eigenvalue weighted by atomic mass is 16.5. The van der Waals surface area contributed by atoms with Crippen LogP contribution in [0.2, 0.25) is 0 Å². The largest absolute Gasteiger partial charge is 0.491 e. The summed E-state index contributed by atoms with van der Waals surface area (Å²) in [6, 6.07) is 5.53. The molecular formula is C21H30N2O5. The number of H-pyrrole nitrogens is 1. The van der Waals surface area contributed by atoms with Crippen LogP contribution in [0.4, 0.5) is 0 Å². The van der Waals surface area contributed by atoms with E-state index in [-0.39, 0.29) is 18.2 Å². The molecule has 7 heteroatoms. The zero-order valence-corrected chi connectivity index (χ0v) is 17.1. The van der Waals surface area contributed by atoms with Crippen LogP contribution in [0, 0.1) is 0 Å². The lowest BCUT2D eigenvalue weighted by atomic mass is 10.2.